The van der Waals surface area contributed by atoms with Gasteiger partial charge in [0.05, 0.1) is 0 Å². The van der Waals surface area contributed by atoms with Crippen LogP contribution in [0.25, 0.3) is 0 Å². The van der Waals surface area contributed by atoms with E-state index in [1.54, 1.807) is 0 Å². The second-order valence-electron chi connectivity index (χ2n) is 6.88. The largest absolute Gasteiger partial charge is 0.330 e. The standard InChI is InChI=1S/C16H32N2/c1-14-7-6-8-15(2)18(14)12-11-16(13-17)9-4-3-5-10-16/h14-15H,3-13,17H2,1-2H3/t14-,15+. The Morgan fingerprint density at radius 1 is 1.00 bits per heavy atom. The minimum Gasteiger partial charge on any atom is -0.330 e. The summed E-state index contributed by atoms with van der Waals surface area (Å²) in [4.78, 5) is 2.75. The van der Waals surface area contributed by atoms with Crippen molar-refractivity contribution in [1.82, 2.24) is 4.90 Å². The molecular formula is C16H32N2. The maximum atomic E-state index is 6.10. The van der Waals surface area contributed by atoms with Gasteiger partial charge >= 0.3 is 0 Å². The van der Waals surface area contributed by atoms with Crippen LogP contribution in [0.1, 0.15) is 71.6 Å². The van der Waals surface area contributed by atoms with Crippen LogP contribution in [0.3, 0.4) is 0 Å². The summed E-state index contributed by atoms with van der Waals surface area (Å²) in [6, 6.07) is 1.57. The van der Waals surface area contributed by atoms with Gasteiger partial charge in [-0.1, -0.05) is 25.7 Å². The third-order valence-electron chi connectivity index (χ3n) is 5.62. The Bertz CT molecular complexity index is 235. The van der Waals surface area contributed by atoms with Gasteiger partial charge in [-0.25, -0.2) is 0 Å². The molecule has 2 atom stereocenters. The summed E-state index contributed by atoms with van der Waals surface area (Å²) >= 11 is 0. The molecule has 2 rings (SSSR count). The van der Waals surface area contributed by atoms with Gasteiger partial charge in [-0.3, -0.25) is 4.90 Å². The van der Waals surface area contributed by atoms with Crippen molar-refractivity contribution in [1.29, 1.82) is 0 Å². The highest BCUT2D eigenvalue weighted by Gasteiger charge is 2.32. The van der Waals surface area contributed by atoms with Gasteiger partial charge in [0.2, 0.25) is 0 Å². The molecule has 0 bridgehead atoms. The third-order valence-corrected chi connectivity index (χ3v) is 5.62. The van der Waals surface area contributed by atoms with E-state index in [1.165, 1.54) is 64.3 Å². The quantitative estimate of drug-likeness (QED) is 0.829. The summed E-state index contributed by atoms with van der Waals surface area (Å²) in [6.45, 7) is 7.00. The fourth-order valence-corrected chi connectivity index (χ4v) is 4.14. The molecule has 2 fully saturated rings. The van der Waals surface area contributed by atoms with E-state index in [4.69, 9.17) is 5.73 Å². The smallest absolute Gasteiger partial charge is 0.00697 e. The summed E-state index contributed by atoms with van der Waals surface area (Å²) in [5, 5.41) is 0. The van der Waals surface area contributed by atoms with Crippen molar-refractivity contribution in [3.63, 3.8) is 0 Å². The van der Waals surface area contributed by atoms with Crippen LogP contribution in [-0.2, 0) is 0 Å². The van der Waals surface area contributed by atoms with Gasteiger partial charge in [0.15, 0.2) is 0 Å². The van der Waals surface area contributed by atoms with Crippen LogP contribution in [0.2, 0.25) is 0 Å². The topological polar surface area (TPSA) is 29.3 Å². The van der Waals surface area contributed by atoms with Crippen molar-refractivity contribution >= 4 is 0 Å². The van der Waals surface area contributed by atoms with Gasteiger partial charge in [0, 0.05) is 12.1 Å². The van der Waals surface area contributed by atoms with E-state index in [0.717, 1.165) is 18.6 Å². The maximum Gasteiger partial charge on any atom is 0.00697 e. The van der Waals surface area contributed by atoms with E-state index >= 15 is 0 Å². The maximum absolute atomic E-state index is 6.10. The highest BCUT2D eigenvalue weighted by atomic mass is 15.2. The Morgan fingerprint density at radius 3 is 2.17 bits per heavy atom. The fraction of sp³-hybridized carbons (Fsp3) is 1.00. The molecule has 1 saturated heterocycles. The number of rotatable bonds is 4. The number of hydrogen-bond acceptors (Lipinski definition) is 2. The molecule has 0 amide bonds. The predicted molar refractivity (Wildman–Crippen MR) is 78.7 cm³/mol. The second kappa shape index (κ2) is 6.38. The van der Waals surface area contributed by atoms with Crippen LogP contribution in [0, 0.1) is 5.41 Å². The summed E-state index contributed by atoms with van der Waals surface area (Å²) in [7, 11) is 0. The van der Waals surface area contributed by atoms with Crippen LogP contribution in [0.4, 0.5) is 0 Å². The van der Waals surface area contributed by atoms with Gasteiger partial charge in [-0.2, -0.15) is 0 Å². The summed E-state index contributed by atoms with van der Waals surface area (Å²) in [5.41, 5.74) is 6.59. The number of nitrogens with zero attached hydrogens (tertiary/aromatic N) is 1. The molecule has 1 aliphatic heterocycles. The van der Waals surface area contributed by atoms with E-state index in [-0.39, 0.29) is 0 Å². The lowest BCUT2D eigenvalue weighted by Crippen LogP contribution is -2.46. The van der Waals surface area contributed by atoms with E-state index in [1.807, 2.05) is 0 Å². The van der Waals surface area contributed by atoms with E-state index < -0.39 is 0 Å². The van der Waals surface area contributed by atoms with Gasteiger partial charge < -0.3 is 5.73 Å². The minimum atomic E-state index is 0.481. The SMILES string of the molecule is C[C@@H]1CCC[C@H](C)N1CCC1(CN)CCCCC1. The highest BCUT2D eigenvalue weighted by Crippen LogP contribution is 2.39. The van der Waals surface area contributed by atoms with Crippen molar-refractivity contribution in [2.24, 2.45) is 11.1 Å². The zero-order valence-electron chi connectivity index (χ0n) is 12.5. The Balaban J connectivity index is 1.88. The second-order valence-corrected chi connectivity index (χ2v) is 6.88. The minimum absolute atomic E-state index is 0.481. The first kappa shape index (κ1) is 14.3. The summed E-state index contributed by atoms with van der Waals surface area (Å²) in [5.74, 6) is 0. The van der Waals surface area contributed by atoms with Gasteiger partial charge in [-0.05, 0) is 64.5 Å². The van der Waals surface area contributed by atoms with E-state index in [9.17, 15) is 0 Å². The Labute approximate surface area is 113 Å². The van der Waals surface area contributed by atoms with Crippen molar-refractivity contribution in [2.45, 2.75) is 83.7 Å². The summed E-state index contributed by atoms with van der Waals surface area (Å²) in [6.07, 6.45) is 12.5. The average Bonchev–Trinajstić information content (AvgIpc) is 2.39. The average molecular weight is 252 g/mol. The fourth-order valence-electron chi connectivity index (χ4n) is 4.14. The van der Waals surface area contributed by atoms with E-state index in [0.29, 0.717) is 5.41 Å². The zero-order chi connectivity index (χ0) is 13.0. The Morgan fingerprint density at radius 2 is 1.61 bits per heavy atom. The van der Waals surface area contributed by atoms with Crippen LogP contribution in [0.15, 0.2) is 0 Å². The molecule has 1 saturated carbocycles. The van der Waals surface area contributed by atoms with Crippen molar-refractivity contribution < 1.29 is 0 Å². The molecule has 2 N–H and O–H groups in total. The molecule has 0 aromatic heterocycles. The van der Waals surface area contributed by atoms with Crippen molar-refractivity contribution in [3.05, 3.63) is 0 Å². The first-order valence-electron chi connectivity index (χ1n) is 8.13. The van der Waals surface area contributed by atoms with Crippen LogP contribution >= 0.6 is 0 Å². The molecule has 0 aromatic carbocycles. The normalized spacial score (nSPS) is 33.5. The molecule has 0 radical (unpaired) electrons. The van der Waals surface area contributed by atoms with Crippen LogP contribution in [0.5, 0.6) is 0 Å². The van der Waals surface area contributed by atoms with Crippen molar-refractivity contribution in [3.8, 4) is 0 Å². The molecule has 0 spiro atoms. The van der Waals surface area contributed by atoms with Gasteiger partial charge in [0.1, 0.15) is 0 Å². The predicted octanol–water partition coefficient (Wildman–Crippen LogP) is 3.55. The molecule has 2 nitrogen and oxygen atoms in total. The van der Waals surface area contributed by atoms with Gasteiger partial charge in [0.25, 0.3) is 0 Å². The Kier molecular flexibility index (Phi) is 5.08. The molecule has 1 aliphatic carbocycles. The lowest BCUT2D eigenvalue weighted by molar-refractivity contribution is 0.0716. The molecule has 2 heteroatoms. The Hall–Kier alpha value is -0.0800. The summed E-state index contributed by atoms with van der Waals surface area (Å²) < 4.78 is 0. The van der Waals surface area contributed by atoms with Crippen LogP contribution in [-0.4, -0.2) is 30.1 Å². The molecule has 106 valence electrons. The van der Waals surface area contributed by atoms with Crippen LogP contribution < -0.4 is 5.73 Å². The van der Waals surface area contributed by atoms with E-state index in [2.05, 4.69) is 18.7 Å². The highest BCUT2D eigenvalue weighted by molar-refractivity contribution is 4.87. The third kappa shape index (κ3) is 3.27. The number of piperidine rings is 1. The molecule has 0 unspecified atom stereocenters. The lowest BCUT2D eigenvalue weighted by Gasteiger charge is -2.43. The van der Waals surface area contributed by atoms with Crippen molar-refractivity contribution in [2.75, 3.05) is 13.1 Å². The number of nitrogens with two attached hydrogens (primary N) is 1. The first-order chi connectivity index (χ1) is 8.67. The monoisotopic (exact) mass is 252 g/mol. The zero-order valence-corrected chi connectivity index (χ0v) is 12.5. The molecular weight excluding hydrogens is 220 g/mol. The molecule has 0 aromatic rings. The number of likely N-dealkylation sites (tertiary alicyclic amines) is 1. The van der Waals surface area contributed by atoms with Gasteiger partial charge in [-0.15, -0.1) is 0 Å². The molecule has 18 heavy (non-hydrogen) atoms. The molecule has 1 heterocycles. The molecule has 2 aliphatic rings. The lowest BCUT2D eigenvalue weighted by atomic mass is 9.71. The first-order valence-corrected chi connectivity index (χ1v) is 8.13. The number of hydrogen-bond donors (Lipinski definition) is 1.